The Morgan fingerprint density at radius 3 is 3.09 bits per heavy atom. The van der Waals surface area contributed by atoms with E-state index in [1.807, 2.05) is 0 Å². The number of carbonyl (C=O) groups is 1. The van der Waals surface area contributed by atoms with Crippen molar-refractivity contribution < 1.29 is 13.9 Å². The topological polar surface area (TPSA) is 55.3 Å². The zero-order valence-corrected chi connectivity index (χ0v) is 12.1. The van der Waals surface area contributed by atoms with Gasteiger partial charge in [0.15, 0.2) is 10.8 Å². The van der Waals surface area contributed by atoms with Gasteiger partial charge in [-0.05, 0) is 24.3 Å². The van der Waals surface area contributed by atoms with Gasteiger partial charge in [-0.3, -0.25) is 9.69 Å². The number of halogens is 1. The molecule has 7 heteroatoms. The van der Waals surface area contributed by atoms with Crippen molar-refractivity contribution >= 4 is 33.3 Å². The van der Waals surface area contributed by atoms with Gasteiger partial charge in [0.25, 0.3) is 5.91 Å². The van der Waals surface area contributed by atoms with E-state index in [1.165, 1.54) is 22.3 Å². The number of para-hydroxylation sites is 1. The van der Waals surface area contributed by atoms with Gasteiger partial charge in [-0.15, -0.1) is 0 Å². The number of anilines is 1. The van der Waals surface area contributed by atoms with Crippen LogP contribution in [0.25, 0.3) is 10.3 Å². The number of fused-ring (bicyclic) bond motifs is 2. The van der Waals surface area contributed by atoms with E-state index in [0.717, 1.165) is 0 Å². The Morgan fingerprint density at radius 2 is 2.23 bits per heavy atom. The van der Waals surface area contributed by atoms with Crippen molar-refractivity contribution in [2.45, 2.75) is 0 Å². The molecular formula is C15H10FN3O2S. The maximum atomic E-state index is 14.1. The first-order chi connectivity index (χ1) is 10.7. The summed E-state index contributed by atoms with van der Waals surface area (Å²) in [6.45, 7) is 0.613. The highest BCUT2D eigenvalue weighted by Crippen LogP contribution is 2.35. The number of pyridine rings is 1. The lowest BCUT2D eigenvalue weighted by Gasteiger charge is -2.29. The van der Waals surface area contributed by atoms with Crippen LogP contribution in [0.2, 0.25) is 0 Å². The molecule has 0 unspecified atom stereocenters. The van der Waals surface area contributed by atoms with E-state index in [0.29, 0.717) is 27.7 Å². The zero-order valence-electron chi connectivity index (χ0n) is 11.3. The van der Waals surface area contributed by atoms with Crippen LogP contribution >= 0.6 is 11.3 Å². The lowest BCUT2D eigenvalue weighted by atomic mass is 10.2. The maximum Gasteiger partial charge on any atom is 0.287 e. The van der Waals surface area contributed by atoms with Crippen LogP contribution in [-0.4, -0.2) is 29.0 Å². The minimum absolute atomic E-state index is 0.172. The molecule has 3 heterocycles. The number of ether oxygens (including phenoxy) is 1. The number of hydrogen-bond acceptors (Lipinski definition) is 5. The summed E-state index contributed by atoms with van der Waals surface area (Å²) in [6.07, 6.45) is 1.65. The molecule has 0 saturated carbocycles. The van der Waals surface area contributed by atoms with Gasteiger partial charge in [-0.25, -0.2) is 14.4 Å². The van der Waals surface area contributed by atoms with Crippen LogP contribution in [0, 0.1) is 5.82 Å². The molecule has 0 saturated heterocycles. The second-order valence-corrected chi connectivity index (χ2v) is 5.72. The number of thiazole rings is 1. The Morgan fingerprint density at radius 1 is 1.32 bits per heavy atom. The average molecular weight is 315 g/mol. The molecule has 110 valence electrons. The largest absolute Gasteiger partial charge is 0.489 e. The van der Waals surface area contributed by atoms with Crippen molar-refractivity contribution in [1.29, 1.82) is 0 Å². The number of carbonyl (C=O) groups excluding carboxylic acids is 1. The molecule has 0 N–H and O–H groups in total. The number of aromatic nitrogens is 2. The Balaban J connectivity index is 1.78. The smallest absolute Gasteiger partial charge is 0.287 e. The summed E-state index contributed by atoms with van der Waals surface area (Å²) in [5.74, 6) is -0.443. The van der Waals surface area contributed by atoms with Crippen LogP contribution < -0.4 is 9.64 Å². The van der Waals surface area contributed by atoms with E-state index >= 15 is 0 Å². The maximum absolute atomic E-state index is 14.1. The van der Waals surface area contributed by atoms with Crippen LogP contribution in [-0.2, 0) is 0 Å². The standard InChI is InChI=1S/C15H10FN3O2S/c16-9-3-1-5-11-12(9)19(7-8-21-11)15(20)14-18-10-4-2-6-17-13(10)22-14/h1-6H,7-8H2. The minimum Gasteiger partial charge on any atom is -0.489 e. The molecule has 0 aliphatic carbocycles. The van der Waals surface area contributed by atoms with Crippen molar-refractivity contribution in [1.82, 2.24) is 9.97 Å². The van der Waals surface area contributed by atoms with Crippen LogP contribution in [0.5, 0.6) is 5.75 Å². The third-order valence-corrected chi connectivity index (χ3v) is 4.35. The van der Waals surface area contributed by atoms with E-state index in [1.54, 1.807) is 30.5 Å². The third kappa shape index (κ3) is 2.01. The van der Waals surface area contributed by atoms with Gasteiger partial charge in [0, 0.05) is 6.20 Å². The molecule has 1 aliphatic heterocycles. The summed E-state index contributed by atoms with van der Waals surface area (Å²) in [6, 6.07) is 8.08. The summed E-state index contributed by atoms with van der Waals surface area (Å²) < 4.78 is 19.5. The molecule has 0 spiro atoms. The highest BCUT2D eigenvalue weighted by atomic mass is 32.1. The normalized spacial score (nSPS) is 13.8. The van der Waals surface area contributed by atoms with Gasteiger partial charge in [0.2, 0.25) is 0 Å². The lowest BCUT2D eigenvalue weighted by molar-refractivity contribution is 0.0975. The number of nitrogens with zero attached hydrogens (tertiary/aromatic N) is 3. The van der Waals surface area contributed by atoms with Crippen LogP contribution in [0.4, 0.5) is 10.1 Å². The highest BCUT2D eigenvalue weighted by molar-refractivity contribution is 7.20. The third-order valence-electron chi connectivity index (χ3n) is 3.39. The first kappa shape index (κ1) is 13.1. The number of rotatable bonds is 1. The molecule has 0 radical (unpaired) electrons. The van der Waals surface area contributed by atoms with Gasteiger partial charge in [-0.2, -0.15) is 0 Å². The summed E-state index contributed by atoms with van der Waals surface area (Å²) in [4.78, 5) is 23.2. The average Bonchev–Trinajstić information content (AvgIpc) is 2.98. The van der Waals surface area contributed by atoms with Gasteiger partial charge >= 0.3 is 0 Å². The predicted molar refractivity (Wildman–Crippen MR) is 81.0 cm³/mol. The predicted octanol–water partition coefficient (Wildman–Crippen LogP) is 2.87. The van der Waals surface area contributed by atoms with Gasteiger partial charge in [-0.1, -0.05) is 17.4 Å². The van der Waals surface area contributed by atoms with E-state index in [2.05, 4.69) is 9.97 Å². The zero-order chi connectivity index (χ0) is 15.1. The first-order valence-electron chi connectivity index (χ1n) is 6.69. The second-order valence-electron chi connectivity index (χ2n) is 4.74. The van der Waals surface area contributed by atoms with Gasteiger partial charge in [0.1, 0.15) is 28.4 Å². The summed E-state index contributed by atoms with van der Waals surface area (Å²) in [5, 5.41) is 0.296. The molecule has 3 aromatic rings. The number of hydrogen-bond donors (Lipinski definition) is 0. The molecule has 0 bridgehead atoms. The fraction of sp³-hybridized carbons (Fsp3) is 0.133. The molecule has 4 rings (SSSR count). The molecule has 1 aromatic carbocycles. The molecule has 5 nitrogen and oxygen atoms in total. The Kier molecular flexibility index (Phi) is 3.00. The Labute approximate surface area is 129 Å². The molecule has 0 fully saturated rings. The van der Waals surface area contributed by atoms with Gasteiger partial charge < -0.3 is 4.74 Å². The van der Waals surface area contributed by atoms with Crippen LogP contribution in [0.3, 0.4) is 0 Å². The molecule has 0 atom stereocenters. The van der Waals surface area contributed by atoms with E-state index < -0.39 is 5.82 Å². The molecular weight excluding hydrogens is 305 g/mol. The highest BCUT2D eigenvalue weighted by Gasteiger charge is 2.29. The fourth-order valence-corrected chi connectivity index (χ4v) is 3.27. The van der Waals surface area contributed by atoms with Crippen LogP contribution in [0.15, 0.2) is 36.5 Å². The van der Waals surface area contributed by atoms with Crippen LogP contribution in [0.1, 0.15) is 9.80 Å². The fourth-order valence-electron chi connectivity index (χ4n) is 2.41. The lowest BCUT2D eigenvalue weighted by Crippen LogP contribution is -2.38. The summed E-state index contributed by atoms with van der Waals surface area (Å²) >= 11 is 1.20. The van der Waals surface area contributed by atoms with E-state index in [4.69, 9.17) is 4.74 Å². The van der Waals surface area contributed by atoms with E-state index in [9.17, 15) is 9.18 Å². The van der Waals surface area contributed by atoms with Crippen molar-refractivity contribution in [2.75, 3.05) is 18.1 Å². The van der Waals surface area contributed by atoms with Crippen molar-refractivity contribution in [3.63, 3.8) is 0 Å². The van der Waals surface area contributed by atoms with Crippen molar-refractivity contribution in [3.05, 3.63) is 47.4 Å². The van der Waals surface area contributed by atoms with Crippen molar-refractivity contribution in [3.8, 4) is 5.75 Å². The Hall–Kier alpha value is -2.54. The SMILES string of the molecule is O=C(c1nc2cccnc2s1)N1CCOc2cccc(F)c21. The monoisotopic (exact) mass is 315 g/mol. The van der Waals surface area contributed by atoms with Gasteiger partial charge in [0.05, 0.1) is 6.54 Å². The first-order valence-corrected chi connectivity index (χ1v) is 7.50. The van der Waals surface area contributed by atoms with E-state index in [-0.39, 0.29) is 18.1 Å². The number of amides is 1. The minimum atomic E-state index is -0.482. The molecule has 1 amide bonds. The molecule has 1 aliphatic rings. The number of benzene rings is 1. The Bertz CT molecular complexity index is 847. The second kappa shape index (κ2) is 5.03. The van der Waals surface area contributed by atoms with Crippen molar-refractivity contribution in [2.24, 2.45) is 0 Å². The molecule has 22 heavy (non-hydrogen) atoms. The quantitative estimate of drug-likeness (QED) is 0.693. The summed E-state index contributed by atoms with van der Waals surface area (Å²) in [7, 11) is 0. The molecule has 2 aromatic heterocycles. The summed E-state index contributed by atoms with van der Waals surface area (Å²) in [5.41, 5.74) is 0.837.